The Morgan fingerprint density at radius 1 is 1.37 bits per heavy atom. The number of guanidine groups is 1. The molecular formula is C19H29FIN5O. The van der Waals surface area contributed by atoms with Gasteiger partial charge in [0.25, 0.3) is 0 Å². The van der Waals surface area contributed by atoms with Gasteiger partial charge in [0.05, 0.1) is 0 Å². The number of aromatic nitrogens is 2. The number of hydrogen-bond donors (Lipinski definition) is 1. The molecule has 0 unspecified atom stereocenters. The summed E-state index contributed by atoms with van der Waals surface area (Å²) in [4.78, 5) is 11.0. The first-order chi connectivity index (χ1) is 12.5. The Labute approximate surface area is 177 Å². The van der Waals surface area contributed by atoms with Gasteiger partial charge in [-0.2, -0.15) is 4.98 Å². The van der Waals surface area contributed by atoms with E-state index in [0.29, 0.717) is 25.4 Å². The van der Waals surface area contributed by atoms with Gasteiger partial charge in [-0.15, -0.1) is 24.0 Å². The summed E-state index contributed by atoms with van der Waals surface area (Å²) >= 11 is 0. The minimum Gasteiger partial charge on any atom is -0.357 e. The lowest BCUT2D eigenvalue weighted by Gasteiger charge is -2.22. The fourth-order valence-corrected chi connectivity index (χ4v) is 2.47. The van der Waals surface area contributed by atoms with Crippen molar-refractivity contribution in [3.8, 4) is 0 Å². The highest BCUT2D eigenvalue weighted by Crippen LogP contribution is 2.11. The van der Waals surface area contributed by atoms with Gasteiger partial charge in [0.1, 0.15) is 5.82 Å². The monoisotopic (exact) mass is 489 g/mol. The van der Waals surface area contributed by atoms with Crippen molar-refractivity contribution < 1.29 is 8.91 Å². The lowest BCUT2D eigenvalue weighted by molar-refractivity contribution is 0.369. The zero-order chi connectivity index (χ0) is 18.9. The van der Waals surface area contributed by atoms with Gasteiger partial charge >= 0.3 is 0 Å². The van der Waals surface area contributed by atoms with E-state index in [9.17, 15) is 4.39 Å². The van der Waals surface area contributed by atoms with Crippen LogP contribution in [0.5, 0.6) is 0 Å². The molecule has 1 aromatic carbocycles. The number of rotatable bonds is 8. The van der Waals surface area contributed by atoms with Crippen molar-refractivity contribution in [2.75, 3.05) is 20.1 Å². The van der Waals surface area contributed by atoms with Gasteiger partial charge in [-0.3, -0.25) is 4.99 Å². The Hall–Kier alpha value is -1.71. The lowest BCUT2D eigenvalue weighted by atomic mass is 10.2. The first kappa shape index (κ1) is 23.3. The van der Waals surface area contributed by atoms with Crippen molar-refractivity contribution in [2.45, 2.75) is 46.1 Å². The molecule has 0 atom stereocenters. The van der Waals surface area contributed by atoms with Gasteiger partial charge in [0.2, 0.25) is 5.89 Å². The molecule has 1 N–H and O–H groups in total. The average Bonchev–Trinajstić information content (AvgIpc) is 3.07. The van der Waals surface area contributed by atoms with Crippen molar-refractivity contribution in [1.29, 1.82) is 0 Å². The fourth-order valence-electron chi connectivity index (χ4n) is 2.47. The molecule has 0 aliphatic rings. The first-order valence-electron chi connectivity index (χ1n) is 9.06. The molecule has 2 aromatic rings. The third-order valence-electron chi connectivity index (χ3n) is 3.82. The number of nitrogens with zero attached hydrogens (tertiary/aromatic N) is 4. The first-order valence-corrected chi connectivity index (χ1v) is 9.06. The molecule has 0 amide bonds. The summed E-state index contributed by atoms with van der Waals surface area (Å²) in [6, 6.07) is 6.62. The molecule has 6 nitrogen and oxygen atoms in total. The third kappa shape index (κ3) is 7.82. The average molecular weight is 489 g/mol. The Kier molecular flexibility index (Phi) is 10.3. The third-order valence-corrected chi connectivity index (χ3v) is 3.82. The second kappa shape index (κ2) is 11.9. The Balaban J connectivity index is 0.00000364. The number of aryl methyl sites for hydroxylation is 1. The molecule has 0 aliphatic carbocycles. The predicted octanol–water partition coefficient (Wildman–Crippen LogP) is 3.98. The van der Waals surface area contributed by atoms with Crippen LogP contribution in [0.4, 0.5) is 4.39 Å². The molecule has 1 heterocycles. The standard InChI is InChI=1S/C19H28FN5O.HI/c1-5-21-19(25(4)13-15-8-6-9-16(20)12-15)22-11-7-10-17-23-18(14(2)3)24-26-17;/h6,8-9,12,14H,5,7,10-11,13H2,1-4H3,(H,21,22);1H. The summed E-state index contributed by atoms with van der Waals surface area (Å²) in [5.74, 6) is 2.24. The smallest absolute Gasteiger partial charge is 0.226 e. The summed E-state index contributed by atoms with van der Waals surface area (Å²) in [6.45, 7) is 8.11. The van der Waals surface area contributed by atoms with Crippen molar-refractivity contribution in [3.05, 3.63) is 47.4 Å². The summed E-state index contributed by atoms with van der Waals surface area (Å²) in [7, 11) is 1.94. The van der Waals surface area contributed by atoms with Crippen LogP contribution in [0, 0.1) is 5.82 Å². The van der Waals surface area contributed by atoms with Crippen LogP contribution in [0.25, 0.3) is 0 Å². The van der Waals surface area contributed by atoms with Crippen molar-refractivity contribution in [1.82, 2.24) is 20.4 Å². The molecule has 8 heteroatoms. The lowest BCUT2D eigenvalue weighted by Crippen LogP contribution is -2.38. The Bertz CT molecular complexity index is 720. The topological polar surface area (TPSA) is 66.5 Å². The molecule has 150 valence electrons. The van der Waals surface area contributed by atoms with Crippen LogP contribution in [0.1, 0.15) is 50.4 Å². The molecular weight excluding hydrogens is 460 g/mol. The van der Waals surface area contributed by atoms with E-state index in [-0.39, 0.29) is 35.7 Å². The maximum atomic E-state index is 13.3. The number of hydrogen-bond acceptors (Lipinski definition) is 4. The van der Waals surface area contributed by atoms with Crippen LogP contribution in [-0.2, 0) is 13.0 Å². The largest absolute Gasteiger partial charge is 0.357 e. The van der Waals surface area contributed by atoms with Crippen LogP contribution in [0.3, 0.4) is 0 Å². The Morgan fingerprint density at radius 3 is 2.78 bits per heavy atom. The van der Waals surface area contributed by atoms with Gasteiger partial charge < -0.3 is 14.7 Å². The summed E-state index contributed by atoms with van der Waals surface area (Å²) < 4.78 is 18.6. The zero-order valence-electron chi connectivity index (χ0n) is 16.4. The minimum absolute atomic E-state index is 0. The van der Waals surface area contributed by atoms with Crippen LogP contribution >= 0.6 is 24.0 Å². The van der Waals surface area contributed by atoms with Gasteiger partial charge in [-0.1, -0.05) is 31.1 Å². The van der Waals surface area contributed by atoms with Gasteiger partial charge in [0.15, 0.2) is 11.8 Å². The zero-order valence-corrected chi connectivity index (χ0v) is 18.7. The molecule has 0 aliphatic heterocycles. The fraction of sp³-hybridized carbons (Fsp3) is 0.526. The quantitative estimate of drug-likeness (QED) is 0.263. The van der Waals surface area contributed by atoms with Gasteiger partial charge in [-0.05, 0) is 31.0 Å². The van der Waals surface area contributed by atoms with Crippen molar-refractivity contribution in [2.24, 2.45) is 4.99 Å². The van der Waals surface area contributed by atoms with Crippen LogP contribution in [0.2, 0.25) is 0 Å². The molecule has 1 aromatic heterocycles. The van der Waals surface area contributed by atoms with Crippen molar-refractivity contribution in [3.63, 3.8) is 0 Å². The van der Waals surface area contributed by atoms with Crippen molar-refractivity contribution >= 4 is 29.9 Å². The van der Waals surface area contributed by atoms with Gasteiger partial charge in [-0.25, -0.2) is 4.39 Å². The number of nitrogens with one attached hydrogen (secondary N) is 1. The van der Waals surface area contributed by atoms with E-state index in [1.54, 1.807) is 12.1 Å². The van der Waals surface area contributed by atoms with E-state index in [2.05, 4.69) is 20.4 Å². The van der Waals surface area contributed by atoms with E-state index in [4.69, 9.17) is 4.52 Å². The van der Waals surface area contributed by atoms with E-state index < -0.39 is 0 Å². The summed E-state index contributed by atoms with van der Waals surface area (Å²) in [5.41, 5.74) is 0.908. The second-order valence-electron chi connectivity index (χ2n) is 6.53. The van der Waals surface area contributed by atoms with Crippen LogP contribution in [-0.4, -0.2) is 41.1 Å². The number of halogens is 2. The second-order valence-corrected chi connectivity index (χ2v) is 6.53. The molecule has 0 saturated heterocycles. The molecule has 0 bridgehead atoms. The number of aliphatic imine (C=N–C) groups is 1. The molecule has 0 saturated carbocycles. The molecule has 0 spiro atoms. The van der Waals surface area contributed by atoms with E-state index in [1.807, 2.05) is 38.8 Å². The normalized spacial score (nSPS) is 11.4. The molecule has 27 heavy (non-hydrogen) atoms. The maximum Gasteiger partial charge on any atom is 0.226 e. The number of benzene rings is 1. The highest BCUT2D eigenvalue weighted by molar-refractivity contribution is 14.0. The van der Waals surface area contributed by atoms with Crippen LogP contribution < -0.4 is 5.32 Å². The highest BCUT2D eigenvalue weighted by atomic mass is 127. The maximum absolute atomic E-state index is 13.3. The minimum atomic E-state index is -0.224. The molecule has 0 radical (unpaired) electrons. The van der Waals surface area contributed by atoms with E-state index >= 15 is 0 Å². The predicted molar refractivity (Wildman–Crippen MR) is 116 cm³/mol. The SMILES string of the molecule is CCNC(=NCCCc1nc(C(C)C)no1)N(C)Cc1cccc(F)c1.I. The Morgan fingerprint density at radius 2 is 2.15 bits per heavy atom. The van der Waals surface area contributed by atoms with E-state index in [1.165, 1.54) is 6.07 Å². The summed E-state index contributed by atoms with van der Waals surface area (Å²) in [6.07, 6.45) is 1.53. The molecule has 2 rings (SSSR count). The molecule has 0 fully saturated rings. The van der Waals surface area contributed by atoms with Gasteiger partial charge in [0, 0.05) is 39.0 Å². The highest BCUT2D eigenvalue weighted by Gasteiger charge is 2.10. The van der Waals surface area contributed by atoms with E-state index in [0.717, 1.165) is 30.3 Å². The van der Waals surface area contributed by atoms with Crippen LogP contribution in [0.15, 0.2) is 33.8 Å². The summed E-state index contributed by atoms with van der Waals surface area (Å²) in [5, 5.41) is 7.23.